The van der Waals surface area contributed by atoms with Gasteiger partial charge in [-0.25, -0.2) is 0 Å². The number of nitriles is 1. The summed E-state index contributed by atoms with van der Waals surface area (Å²) < 4.78 is 10.4. The Balaban J connectivity index is 2.61. The Labute approximate surface area is 100 Å². The summed E-state index contributed by atoms with van der Waals surface area (Å²) in [6.07, 6.45) is 0.0722. The molecule has 2 atom stereocenters. The van der Waals surface area contributed by atoms with Crippen molar-refractivity contribution in [3.63, 3.8) is 0 Å². The van der Waals surface area contributed by atoms with Crippen LogP contribution in [0.15, 0.2) is 4.52 Å². The van der Waals surface area contributed by atoms with Gasteiger partial charge in [-0.05, 0) is 13.3 Å². The van der Waals surface area contributed by atoms with E-state index in [4.69, 9.17) is 14.5 Å². The fourth-order valence-corrected chi connectivity index (χ4v) is 1.44. The molecule has 0 amide bonds. The summed E-state index contributed by atoms with van der Waals surface area (Å²) in [6.45, 7) is 4.46. The predicted octanol–water partition coefficient (Wildman–Crippen LogP) is 1.37. The molecule has 0 aromatic carbocycles. The average molecular weight is 239 g/mol. The van der Waals surface area contributed by atoms with E-state index in [0.717, 1.165) is 6.42 Å². The van der Waals surface area contributed by atoms with Crippen LogP contribution < -0.4 is 0 Å². The van der Waals surface area contributed by atoms with E-state index in [-0.39, 0.29) is 18.9 Å². The molecule has 0 aliphatic carbocycles. The van der Waals surface area contributed by atoms with E-state index in [2.05, 4.69) is 10.1 Å². The minimum absolute atomic E-state index is 0.0559. The molecule has 17 heavy (non-hydrogen) atoms. The molecular formula is C11H17N3O3. The van der Waals surface area contributed by atoms with Crippen molar-refractivity contribution in [1.29, 1.82) is 5.26 Å². The van der Waals surface area contributed by atoms with Crippen LogP contribution >= 0.6 is 0 Å². The third kappa shape index (κ3) is 4.13. The number of hydrogen-bond acceptors (Lipinski definition) is 6. The van der Waals surface area contributed by atoms with Crippen molar-refractivity contribution in [3.05, 3.63) is 11.7 Å². The maximum absolute atomic E-state index is 9.43. The highest BCUT2D eigenvalue weighted by molar-refractivity contribution is 4.93. The molecule has 6 heteroatoms. The third-order valence-electron chi connectivity index (χ3n) is 2.25. The smallest absolute Gasteiger partial charge is 0.229 e. The average Bonchev–Trinajstić information content (AvgIpc) is 2.74. The minimum Gasteiger partial charge on any atom is -0.392 e. The first-order valence-electron chi connectivity index (χ1n) is 5.70. The van der Waals surface area contributed by atoms with E-state index in [1.165, 1.54) is 0 Å². The van der Waals surface area contributed by atoms with Crippen molar-refractivity contribution in [2.45, 2.75) is 45.3 Å². The molecule has 0 aliphatic heterocycles. The summed E-state index contributed by atoms with van der Waals surface area (Å²) in [7, 11) is 0. The molecule has 94 valence electrons. The Morgan fingerprint density at radius 2 is 2.29 bits per heavy atom. The van der Waals surface area contributed by atoms with E-state index in [9.17, 15) is 5.11 Å². The molecular weight excluding hydrogens is 222 g/mol. The van der Waals surface area contributed by atoms with E-state index in [1.807, 2.05) is 19.9 Å². The molecule has 1 aromatic rings. The van der Waals surface area contributed by atoms with Crippen molar-refractivity contribution in [2.24, 2.45) is 0 Å². The third-order valence-corrected chi connectivity index (χ3v) is 2.25. The Kier molecular flexibility index (Phi) is 5.60. The van der Waals surface area contributed by atoms with Crippen LogP contribution in [0.3, 0.4) is 0 Å². The highest BCUT2D eigenvalue weighted by atomic mass is 16.5. The van der Waals surface area contributed by atoms with E-state index < -0.39 is 6.10 Å². The second-order valence-corrected chi connectivity index (χ2v) is 3.62. The van der Waals surface area contributed by atoms with Crippen LogP contribution in [0.4, 0.5) is 0 Å². The maximum atomic E-state index is 9.43. The van der Waals surface area contributed by atoms with E-state index in [0.29, 0.717) is 18.3 Å². The second kappa shape index (κ2) is 6.99. The molecule has 0 spiro atoms. The predicted molar refractivity (Wildman–Crippen MR) is 58.9 cm³/mol. The fraction of sp³-hybridized carbons (Fsp3) is 0.727. The monoisotopic (exact) mass is 239 g/mol. The van der Waals surface area contributed by atoms with Gasteiger partial charge in [-0.15, -0.1) is 0 Å². The van der Waals surface area contributed by atoms with Gasteiger partial charge in [-0.3, -0.25) is 0 Å². The normalized spacial score (nSPS) is 14.2. The number of aromatic nitrogens is 2. The first kappa shape index (κ1) is 13.6. The van der Waals surface area contributed by atoms with Gasteiger partial charge in [0.15, 0.2) is 0 Å². The molecule has 1 aromatic heterocycles. The van der Waals surface area contributed by atoms with E-state index in [1.54, 1.807) is 0 Å². The zero-order chi connectivity index (χ0) is 12.7. The zero-order valence-corrected chi connectivity index (χ0v) is 10.1. The number of ether oxygens (including phenoxy) is 1. The lowest BCUT2D eigenvalue weighted by atomic mass is 10.2. The van der Waals surface area contributed by atoms with Crippen molar-refractivity contribution < 1.29 is 14.4 Å². The van der Waals surface area contributed by atoms with Crippen molar-refractivity contribution in [3.8, 4) is 6.07 Å². The quantitative estimate of drug-likeness (QED) is 0.772. The maximum Gasteiger partial charge on any atom is 0.229 e. The first-order valence-corrected chi connectivity index (χ1v) is 5.70. The number of aliphatic hydroxyl groups excluding tert-OH is 1. The van der Waals surface area contributed by atoms with Crippen LogP contribution in [0.25, 0.3) is 0 Å². The molecule has 0 fully saturated rings. The fourth-order valence-electron chi connectivity index (χ4n) is 1.44. The number of hydrogen-bond donors (Lipinski definition) is 1. The van der Waals surface area contributed by atoms with Gasteiger partial charge in [0.05, 0.1) is 25.0 Å². The van der Waals surface area contributed by atoms with Gasteiger partial charge in [0.25, 0.3) is 0 Å². The van der Waals surface area contributed by atoms with Crippen LogP contribution in [-0.2, 0) is 11.2 Å². The number of rotatable bonds is 7. The highest BCUT2D eigenvalue weighted by Gasteiger charge is 2.18. The SMILES string of the molecule is CCOC(CC)c1noc(CC(O)CC#N)n1. The second-order valence-electron chi connectivity index (χ2n) is 3.62. The van der Waals surface area contributed by atoms with E-state index >= 15 is 0 Å². The summed E-state index contributed by atoms with van der Waals surface area (Å²) in [5.41, 5.74) is 0. The molecule has 0 radical (unpaired) electrons. The highest BCUT2D eigenvalue weighted by Crippen LogP contribution is 2.18. The first-order chi connectivity index (χ1) is 8.21. The summed E-state index contributed by atoms with van der Waals surface area (Å²) in [5, 5.41) is 21.7. The molecule has 1 N–H and O–H groups in total. The summed E-state index contributed by atoms with van der Waals surface area (Å²) >= 11 is 0. The summed E-state index contributed by atoms with van der Waals surface area (Å²) in [6, 6.07) is 1.88. The lowest BCUT2D eigenvalue weighted by Gasteiger charge is -2.09. The van der Waals surface area contributed by atoms with Gasteiger partial charge in [0.1, 0.15) is 6.10 Å². The largest absolute Gasteiger partial charge is 0.392 e. The molecule has 6 nitrogen and oxygen atoms in total. The van der Waals surface area contributed by atoms with Crippen molar-refractivity contribution in [1.82, 2.24) is 10.1 Å². The molecule has 0 bridgehead atoms. The van der Waals surface area contributed by atoms with Gasteiger partial charge in [0.2, 0.25) is 11.7 Å². The summed E-state index contributed by atoms with van der Waals surface area (Å²) in [5.74, 6) is 0.828. The van der Waals surface area contributed by atoms with Crippen LogP contribution in [0.1, 0.15) is 44.5 Å². The van der Waals surface area contributed by atoms with Gasteiger partial charge in [-0.1, -0.05) is 12.1 Å². The van der Waals surface area contributed by atoms with Crippen LogP contribution in [-0.4, -0.2) is 28.0 Å². The van der Waals surface area contributed by atoms with Gasteiger partial charge in [0, 0.05) is 6.61 Å². The minimum atomic E-state index is -0.763. The molecule has 0 saturated carbocycles. The Hall–Kier alpha value is -1.45. The van der Waals surface area contributed by atoms with Gasteiger partial charge in [-0.2, -0.15) is 10.2 Å². The Morgan fingerprint density at radius 3 is 2.88 bits per heavy atom. The Morgan fingerprint density at radius 1 is 1.53 bits per heavy atom. The summed E-state index contributed by atoms with van der Waals surface area (Å²) in [4.78, 5) is 4.15. The van der Waals surface area contributed by atoms with Crippen molar-refractivity contribution in [2.75, 3.05) is 6.61 Å². The Bertz CT molecular complexity index is 372. The topological polar surface area (TPSA) is 92.2 Å². The zero-order valence-electron chi connectivity index (χ0n) is 10.1. The molecule has 2 unspecified atom stereocenters. The number of aliphatic hydroxyl groups is 1. The molecule has 0 aliphatic rings. The van der Waals surface area contributed by atoms with Gasteiger partial charge >= 0.3 is 0 Å². The van der Waals surface area contributed by atoms with Gasteiger partial charge < -0.3 is 14.4 Å². The molecule has 1 heterocycles. The lowest BCUT2D eigenvalue weighted by molar-refractivity contribution is 0.0518. The van der Waals surface area contributed by atoms with Crippen molar-refractivity contribution >= 4 is 0 Å². The lowest BCUT2D eigenvalue weighted by Crippen LogP contribution is -2.10. The standard InChI is InChI=1S/C11H17N3O3/c1-3-9(16-4-2)11-13-10(17-14-11)7-8(15)5-6-12/h8-9,15H,3-5,7H2,1-2H3. The number of nitrogens with zero attached hydrogens (tertiary/aromatic N) is 3. The van der Waals surface area contributed by atoms with Crippen LogP contribution in [0, 0.1) is 11.3 Å². The van der Waals surface area contributed by atoms with Crippen LogP contribution in [0.2, 0.25) is 0 Å². The van der Waals surface area contributed by atoms with Crippen LogP contribution in [0.5, 0.6) is 0 Å². The molecule has 0 saturated heterocycles. The molecule has 1 rings (SSSR count).